The summed E-state index contributed by atoms with van der Waals surface area (Å²) in [4.78, 5) is 75.6. The Morgan fingerprint density at radius 2 is 1.27 bits per heavy atom. The Morgan fingerprint density at radius 3 is 1.77 bits per heavy atom. The Morgan fingerprint density at radius 1 is 0.768 bits per heavy atom. The molecule has 18 heteroatoms. The Balaban J connectivity index is 1.62. The smallest absolute Gasteiger partial charge is 0.410 e. The number of carbonyl (C=O) groups excluding carboxylic acids is 4. The maximum atomic E-state index is 13.3. The molecule has 0 bridgehead atoms. The van der Waals surface area contributed by atoms with Crippen LogP contribution >= 0.6 is 11.8 Å². The van der Waals surface area contributed by atoms with Crippen molar-refractivity contribution in [1.29, 1.82) is 0 Å². The third kappa shape index (κ3) is 17.6. The third-order valence-electron chi connectivity index (χ3n) is 8.42. The van der Waals surface area contributed by atoms with Gasteiger partial charge in [-0.1, -0.05) is 0 Å². The molecule has 0 aromatic carbocycles. The van der Waals surface area contributed by atoms with E-state index in [1.807, 2.05) is 41.5 Å². The summed E-state index contributed by atoms with van der Waals surface area (Å²) >= 11 is 1.45. The predicted molar refractivity (Wildman–Crippen MR) is 213 cm³/mol. The Bertz CT molecular complexity index is 1510. The minimum absolute atomic E-state index is 0.0630. The summed E-state index contributed by atoms with van der Waals surface area (Å²) in [6.45, 7) is 20.1. The molecule has 17 nitrogen and oxygen atoms in total. The molecule has 2 aliphatic heterocycles. The van der Waals surface area contributed by atoms with Crippen molar-refractivity contribution in [2.45, 2.75) is 123 Å². The second-order valence-electron chi connectivity index (χ2n) is 17.0. The molecule has 0 unspecified atom stereocenters. The number of carbonyl (C=O) groups is 4. The third-order valence-corrected chi connectivity index (χ3v) is 9.52. The number of aromatic nitrogens is 2. The maximum absolute atomic E-state index is 13.3. The van der Waals surface area contributed by atoms with Crippen LogP contribution in [0.1, 0.15) is 101 Å². The average molecular weight is 812 g/mol. The molecule has 0 spiro atoms. The zero-order valence-corrected chi connectivity index (χ0v) is 35.7. The normalized spacial score (nSPS) is 19.9. The number of nitrogen functional groups attached to an aromatic ring is 1. The van der Waals surface area contributed by atoms with Gasteiger partial charge in [-0.3, -0.25) is 9.36 Å². The molecule has 3 rings (SSSR count). The monoisotopic (exact) mass is 811 g/mol. The van der Waals surface area contributed by atoms with Crippen molar-refractivity contribution in [2.24, 2.45) is 0 Å². The summed E-state index contributed by atoms with van der Waals surface area (Å²) in [5, 5.41) is 0. The van der Waals surface area contributed by atoms with E-state index in [1.165, 1.54) is 22.4 Å². The molecule has 2 fully saturated rings. The molecule has 2 atom stereocenters. The van der Waals surface area contributed by atoms with E-state index in [4.69, 9.17) is 29.4 Å². The number of esters is 1. The van der Waals surface area contributed by atoms with Gasteiger partial charge in [0.2, 0.25) is 0 Å². The molecule has 56 heavy (non-hydrogen) atoms. The minimum atomic E-state index is -0.706. The number of amides is 3. The van der Waals surface area contributed by atoms with Crippen LogP contribution in [-0.4, -0.2) is 147 Å². The number of anilines is 1. The van der Waals surface area contributed by atoms with Gasteiger partial charge in [0.1, 0.15) is 40.9 Å². The summed E-state index contributed by atoms with van der Waals surface area (Å²) in [7, 11) is 0. The molecule has 2 N–H and O–H groups in total. The first-order chi connectivity index (χ1) is 26.1. The van der Waals surface area contributed by atoms with Crippen LogP contribution in [0.4, 0.5) is 20.2 Å². The van der Waals surface area contributed by atoms with Gasteiger partial charge in [-0.15, -0.1) is 11.8 Å². The highest BCUT2D eigenvalue weighted by Gasteiger charge is 2.30. The van der Waals surface area contributed by atoms with Crippen molar-refractivity contribution in [1.82, 2.24) is 29.2 Å². The molecule has 318 valence electrons. The number of rotatable bonds is 8. The van der Waals surface area contributed by atoms with Gasteiger partial charge < -0.3 is 49.0 Å². The molecule has 3 heterocycles. The second kappa shape index (κ2) is 21.1. The highest BCUT2D eigenvalue weighted by atomic mass is 32.2. The summed E-state index contributed by atoms with van der Waals surface area (Å²) in [5.74, 6) is 0.308. The molecular formula is C38H65N7O10S. The number of thioether (sulfide) groups is 1. The fourth-order valence-corrected chi connectivity index (χ4v) is 6.79. The number of unbranched alkanes of at least 4 members (excludes halogenated alkanes) is 1. The van der Waals surface area contributed by atoms with Crippen LogP contribution in [-0.2, 0) is 28.5 Å². The lowest BCUT2D eigenvalue weighted by molar-refractivity contribution is -0.147. The Hall–Kier alpha value is -3.77. The SMILES string of the molecule is CC(C)(C)OC(=O)N1CCCN(C(=O)OC(C)(C)C)CCN(C(=O)OC(C)(C)C)CCCN(CCCCC(=O)OC[C@H]2O[C@@H](n3ccc(N)nc3=O)CS2)CC1. The van der Waals surface area contributed by atoms with Gasteiger partial charge in [0, 0.05) is 64.2 Å². The molecule has 0 radical (unpaired) electrons. The van der Waals surface area contributed by atoms with Crippen molar-refractivity contribution in [3.05, 3.63) is 22.7 Å². The highest BCUT2D eigenvalue weighted by Crippen LogP contribution is 2.31. The fraction of sp³-hybridized carbons (Fsp3) is 0.789. The van der Waals surface area contributed by atoms with E-state index in [9.17, 15) is 24.0 Å². The van der Waals surface area contributed by atoms with E-state index in [2.05, 4.69) is 9.88 Å². The minimum Gasteiger partial charge on any atom is -0.462 e. The van der Waals surface area contributed by atoms with E-state index >= 15 is 0 Å². The number of ether oxygens (including phenoxy) is 5. The standard InChI is InChI=1S/C38H65N7O10S/c1-36(2,3)53-33(48)42-19-13-20-44(35(50)55-38(7,8)9)25-24-43(34(49)54-37(4,5)6)18-12-17-41(22-23-42)16-11-10-14-30(46)51-26-31-52-29(27-56-31)45-21-15-28(39)40-32(45)47/h15,21,29,31H,10-14,16-20,22-27H2,1-9H3,(H2,39,40,47)/t29-,31+/m1/s1. The first kappa shape index (κ1) is 46.6. The van der Waals surface area contributed by atoms with E-state index in [0.29, 0.717) is 77.2 Å². The van der Waals surface area contributed by atoms with Crippen molar-refractivity contribution >= 4 is 41.8 Å². The van der Waals surface area contributed by atoms with Gasteiger partial charge in [-0.05, 0) is 107 Å². The molecule has 2 saturated heterocycles. The highest BCUT2D eigenvalue weighted by molar-refractivity contribution is 8.00. The van der Waals surface area contributed by atoms with E-state index in [-0.39, 0.29) is 37.9 Å². The topological polar surface area (TPSA) is 188 Å². The van der Waals surface area contributed by atoms with Crippen LogP contribution in [0.15, 0.2) is 17.1 Å². The van der Waals surface area contributed by atoms with Crippen molar-refractivity contribution in [3.8, 4) is 0 Å². The first-order valence-electron chi connectivity index (χ1n) is 19.5. The number of hydrogen-bond donors (Lipinski definition) is 1. The summed E-state index contributed by atoms with van der Waals surface area (Å²) in [6, 6.07) is 1.53. The zero-order valence-electron chi connectivity index (χ0n) is 34.9. The van der Waals surface area contributed by atoms with Gasteiger partial charge in [-0.2, -0.15) is 4.98 Å². The van der Waals surface area contributed by atoms with Crippen LogP contribution in [0.2, 0.25) is 0 Å². The van der Waals surface area contributed by atoms with Crippen molar-refractivity contribution in [3.63, 3.8) is 0 Å². The quantitative estimate of drug-likeness (QED) is 0.211. The largest absolute Gasteiger partial charge is 0.462 e. The second-order valence-corrected chi connectivity index (χ2v) is 18.2. The molecule has 3 amide bonds. The lowest BCUT2D eigenvalue weighted by atomic mass is 10.2. The van der Waals surface area contributed by atoms with Crippen molar-refractivity contribution in [2.75, 3.05) is 77.0 Å². The lowest BCUT2D eigenvalue weighted by Crippen LogP contribution is -2.47. The van der Waals surface area contributed by atoms with E-state index in [0.717, 1.165) is 0 Å². The lowest BCUT2D eigenvalue weighted by Gasteiger charge is -2.34. The first-order valence-corrected chi connectivity index (χ1v) is 20.6. The Kier molecular flexibility index (Phi) is 17.6. The van der Waals surface area contributed by atoms with Crippen LogP contribution in [0.25, 0.3) is 0 Å². The zero-order chi connectivity index (χ0) is 41.7. The average Bonchev–Trinajstić information content (AvgIpc) is 3.53. The fourth-order valence-electron chi connectivity index (χ4n) is 5.80. The maximum Gasteiger partial charge on any atom is 0.410 e. The van der Waals surface area contributed by atoms with E-state index < -0.39 is 52.4 Å². The van der Waals surface area contributed by atoms with Gasteiger partial charge in [0.15, 0.2) is 0 Å². The Labute approximate surface area is 335 Å². The molecule has 0 aliphatic carbocycles. The molecule has 1 aromatic heterocycles. The van der Waals surface area contributed by atoms with Crippen LogP contribution in [0.5, 0.6) is 0 Å². The molecule has 2 aliphatic rings. The van der Waals surface area contributed by atoms with Gasteiger partial charge >= 0.3 is 29.9 Å². The summed E-state index contributed by atoms with van der Waals surface area (Å²) in [6.07, 6.45) is 2.23. The van der Waals surface area contributed by atoms with Crippen LogP contribution in [0, 0.1) is 0 Å². The van der Waals surface area contributed by atoms with Gasteiger partial charge in [-0.25, -0.2) is 19.2 Å². The number of nitrogens with zero attached hydrogens (tertiary/aromatic N) is 6. The summed E-state index contributed by atoms with van der Waals surface area (Å²) < 4.78 is 29.9. The molecule has 1 aromatic rings. The molecule has 0 saturated carbocycles. The predicted octanol–water partition coefficient (Wildman–Crippen LogP) is 4.93. The van der Waals surface area contributed by atoms with Gasteiger partial charge in [0.25, 0.3) is 0 Å². The molecular weight excluding hydrogens is 747 g/mol. The van der Waals surface area contributed by atoms with Crippen molar-refractivity contribution < 1.29 is 42.9 Å². The van der Waals surface area contributed by atoms with Crippen LogP contribution in [0.3, 0.4) is 0 Å². The van der Waals surface area contributed by atoms with Crippen LogP contribution < -0.4 is 11.4 Å². The summed E-state index contributed by atoms with van der Waals surface area (Å²) in [5.41, 5.74) is 2.60. The number of hydrogen-bond acceptors (Lipinski definition) is 14. The number of nitrogens with two attached hydrogens (primary N) is 1. The van der Waals surface area contributed by atoms with E-state index in [1.54, 1.807) is 41.7 Å². The van der Waals surface area contributed by atoms with Gasteiger partial charge in [0.05, 0.1) is 0 Å².